The fourth-order valence-electron chi connectivity index (χ4n) is 2.89. The minimum atomic E-state index is -0.124. The Morgan fingerprint density at radius 3 is 2.71 bits per heavy atom. The zero-order valence-corrected chi connectivity index (χ0v) is 12.3. The molecule has 17 heavy (non-hydrogen) atoms. The van der Waals surface area contributed by atoms with E-state index in [-0.39, 0.29) is 5.54 Å². The summed E-state index contributed by atoms with van der Waals surface area (Å²) in [5.41, 5.74) is 6.48. The first kappa shape index (κ1) is 13.4. The molecule has 1 heterocycles. The van der Waals surface area contributed by atoms with Crippen molar-refractivity contribution in [3.05, 3.63) is 21.3 Å². The third kappa shape index (κ3) is 3.04. The Kier molecular flexibility index (Phi) is 4.17. The molecule has 2 rings (SSSR count). The highest BCUT2D eigenvalue weighted by Crippen LogP contribution is 2.41. The van der Waals surface area contributed by atoms with Crippen LogP contribution in [0.25, 0.3) is 0 Å². The zero-order chi connectivity index (χ0) is 12.5. The highest BCUT2D eigenvalue weighted by atomic mass is 35.5. The maximum Gasteiger partial charge on any atom is 0.0931 e. The van der Waals surface area contributed by atoms with Gasteiger partial charge in [0.2, 0.25) is 0 Å². The first-order valence-corrected chi connectivity index (χ1v) is 7.75. The molecule has 0 spiro atoms. The van der Waals surface area contributed by atoms with Crippen LogP contribution in [0, 0.1) is 11.8 Å². The molecule has 96 valence electrons. The lowest BCUT2D eigenvalue weighted by molar-refractivity contribution is 0.327. The van der Waals surface area contributed by atoms with Gasteiger partial charge in [0, 0.05) is 4.88 Å². The van der Waals surface area contributed by atoms with Crippen molar-refractivity contribution in [3.63, 3.8) is 0 Å². The molecule has 0 aliphatic heterocycles. The third-order valence-electron chi connectivity index (χ3n) is 4.17. The van der Waals surface area contributed by atoms with Gasteiger partial charge >= 0.3 is 0 Å². The molecule has 0 bridgehead atoms. The van der Waals surface area contributed by atoms with E-state index in [0.717, 1.165) is 29.0 Å². The predicted molar refractivity (Wildman–Crippen MR) is 76.6 cm³/mol. The average Bonchev–Trinajstić information content (AvgIpc) is 2.59. The highest BCUT2D eigenvalue weighted by molar-refractivity contribution is 7.16. The van der Waals surface area contributed by atoms with Crippen molar-refractivity contribution in [2.45, 2.75) is 51.5 Å². The molecule has 2 unspecified atom stereocenters. The van der Waals surface area contributed by atoms with Crippen molar-refractivity contribution in [2.75, 3.05) is 0 Å². The fraction of sp³-hybridized carbons (Fsp3) is 0.714. The van der Waals surface area contributed by atoms with Crippen molar-refractivity contribution >= 4 is 22.9 Å². The molecule has 2 N–H and O–H groups in total. The minimum absolute atomic E-state index is 0.124. The second-order valence-electron chi connectivity index (χ2n) is 5.69. The van der Waals surface area contributed by atoms with Gasteiger partial charge in [0.1, 0.15) is 0 Å². The fourth-order valence-corrected chi connectivity index (χ4v) is 4.09. The molecule has 0 aromatic carbocycles. The summed E-state index contributed by atoms with van der Waals surface area (Å²) in [7, 11) is 0. The third-order valence-corrected chi connectivity index (χ3v) is 5.62. The van der Waals surface area contributed by atoms with Crippen LogP contribution in [0.3, 0.4) is 0 Å². The monoisotopic (exact) mass is 271 g/mol. The summed E-state index contributed by atoms with van der Waals surface area (Å²) in [6, 6.07) is 4.09. The lowest BCUT2D eigenvalue weighted by Gasteiger charge is -2.27. The van der Waals surface area contributed by atoms with Crippen molar-refractivity contribution in [2.24, 2.45) is 17.6 Å². The molecule has 1 saturated carbocycles. The van der Waals surface area contributed by atoms with E-state index in [4.69, 9.17) is 17.3 Å². The Labute approximate surface area is 113 Å². The van der Waals surface area contributed by atoms with Crippen molar-refractivity contribution in [1.29, 1.82) is 0 Å². The molecule has 1 aliphatic rings. The van der Waals surface area contributed by atoms with Gasteiger partial charge < -0.3 is 5.73 Å². The second-order valence-corrected chi connectivity index (χ2v) is 7.41. The summed E-state index contributed by atoms with van der Waals surface area (Å²) in [6.07, 6.45) is 6.04. The van der Waals surface area contributed by atoms with Gasteiger partial charge in [0.15, 0.2) is 0 Å². The largest absolute Gasteiger partial charge is 0.321 e. The molecule has 1 aromatic heterocycles. The van der Waals surface area contributed by atoms with E-state index < -0.39 is 0 Å². The molecular formula is C14H22ClNS. The van der Waals surface area contributed by atoms with E-state index >= 15 is 0 Å². The van der Waals surface area contributed by atoms with E-state index in [2.05, 4.69) is 19.9 Å². The van der Waals surface area contributed by atoms with E-state index in [9.17, 15) is 0 Å². The summed E-state index contributed by atoms with van der Waals surface area (Å²) in [6.45, 7) is 4.66. The van der Waals surface area contributed by atoms with E-state index in [1.807, 2.05) is 6.07 Å². The molecule has 2 atom stereocenters. The zero-order valence-electron chi connectivity index (χ0n) is 10.7. The summed E-state index contributed by atoms with van der Waals surface area (Å²) in [4.78, 5) is 1.27. The van der Waals surface area contributed by atoms with Crippen molar-refractivity contribution < 1.29 is 0 Å². The number of nitrogens with two attached hydrogens (primary N) is 1. The van der Waals surface area contributed by atoms with Crippen LogP contribution in [-0.4, -0.2) is 0 Å². The van der Waals surface area contributed by atoms with Gasteiger partial charge in [-0.25, -0.2) is 0 Å². The predicted octanol–water partition coefficient (Wildman–Crippen LogP) is 4.79. The van der Waals surface area contributed by atoms with Gasteiger partial charge in [-0.1, -0.05) is 38.3 Å². The molecule has 1 aromatic rings. The lowest BCUT2D eigenvalue weighted by atomic mass is 9.86. The van der Waals surface area contributed by atoms with Crippen LogP contribution in [0.4, 0.5) is 0 Å². The summed E-state index contributed by atoms with van der Waals surface area (Å²) >= 11 is 7.68. The summed E-state index contributed by atoms with van der Waals surface area (Å²) < 4.78 is 0.856. The molecule has 1 nitrogen and oxygen atoms in total. The molecule has 1 fully saturated rings. The van der Waals surface area contributed by atoms with Crippen LogP contribution < -0.4 is 5.73 Å². The summed E-state index contributed by atoms with van der Waals surface area (Å²) in [5, 5.41) is 0. The summed E-state index contributed by atoms with van der Waals surface area (Å²) in [5.74, 6) is 1.63. The lowest BCUT2D eigenvalue weighted by Crippen LogP contribution is -2.35. The van der Waals surface area contributed by atoms with Crippen LogP contribution >= 0.6 is 22.9 Å². The molecular weight excluding hydrogens is 250 g/mol. The first-order valence-electron chi connectivity index (χ1n) is 6.56. The normalized spacial score (nSPS) is 30.5. The molecule has 0 saturated heterocycles. The highest BCUT2D eigenvalue weighted by Gasteiger charge is 2.32. The Hall–Kier alpha value is -0.0500. The van der Waals surface area contributed by atoms with Gasteiger partial charge in [0.25, 0.3) is 0 Å². The maximum atomic E-state index is 6.61. The molecule has 0 amide bonds. The van der Waals surface area contributed by atoms with Crippen LogP contribution in [0.15, 0.2) is 12.1 Å². The molecule has 0 radical (unpaired) electrons. The van der Waals surface area contributed by atoms with Gasteiger partial charge in [-0.3, -0.25) is 0 Å². The second kappa shape index (κ2) is 5.29. The van der Waals surface area contributed by atoms with Gasteiger partial charge in [-0.05, 0) is 43.2 Å². The van der Waals surface area contributed by atoms with Crippen LogP contribution in [0.2, 0.25) is 4.34 Å². The average molecular weight is 272 g/mol. The van der Waals surface area contributed by atoms with Gasteiger partial charge in [0.05, 0.1) is 9.88 Å². The number of hydrogen-bond acceptors (Lipinski definition) is 2. The smallest absolute Gasteiger partial charge is 0.0931 e. The molecule has 3 heteroatoms. The Balaban J connectivity index is 2.11. The first-order chi connectivity index (χ1) is 8.01. The Morgan fingerprint density at radius 2 is 2.12 bits per heavy atom. The van der Waals surface area contributed by atoms with Gasteiger partial charge in [-0.15, -0.1) is 11.3 Å². The standard InChI is InChI=1S/C14H22ClNS/c1-10(2)11-4-3-8-14(16,9-7-11)12-5-6-13(15)17-12/h5-6,10-11H,3-4,7-9,16H2,1-2H3. The SMILES string of the molecule is CC(C)C1CCCC(N)(c2ccc(Cl)s2)CC1. The van der Waals surface area contributed by atoms with Gasteiger partial charge in [-0.2, -0.15) is 0 Å². The minimum Gasteiger partial charge on any atom is -0.321 e. The Bertz CT molecular complexity index is 374. The molecule has 1 aliphatic carbocycles. The Morgan fingerprint density at radius 1 is 1.35 bits per heavy atom. The van der Waals surface area contributed by atoms with Crippen LogP contribution in [-0.2, 0) is 5.54 Å². The van der Waals surface area contributed by atoms with Crippen molar-refractivity contribution in [1.82, 2.24) is 0 Å². The maximum absolute atomic E-state index is 6.61. The van der Waals surface area contributed by atoms with Crippen molar-refractivity contribution in [3.8, 4) is 0 Å². The number of rotatable bonds is 2. The number of hydrogen-bond donors (Lipinski definition) is 1. The van der Waals surface area contributed by atoms with Crippen LogP contribution in [0.1, 0.15) is 50.8 Å². The quantitative estimate of drug-likeness (QED) is 0.769. The number of halogens is 1. The van der Waals surface area contributed by atoms with E-state index in [1.165, 1.54) is 24.1 Å². The topological polar surface area (TPSA) is 26.0 Å². The van der Waals surface area contributed by atoms with E-state index in [1.54, 1.807) is 11.3 Å². The number of thiophene rings is 1. The van der Waals surface area contributed by atoms with E-state index in [0.29, 0.717) is 0 Å². The van der Waals surface area contributed by atoms with Crippen LogP contribution in [0.5, 0.6) is 0 Å².